The van der Waals surface area contributed by atoms with Gasteiger partial charge in [0.15, 0.2) is 0 Å². The maximum atomic E-state index is 11.7. The molecule has 0 amide bonds. The number of aromatic nitrogens is 2. The summed E-state index contributed by atoms with van der Waals surface area (Å²) in [6.45, 7) is 0.173. The molecule has 0 saturated heterocycles. The molecule has 3 N–H and O–H groups in total. The van der Waals surface area contributed by atoms with Gasteiger partial charge in [0.1, 0.15) is 0 Å². The van der Waals surface area contributed by atoms with E-state index in [0.717, 1.165) is 16.6 Å². The van der Waals surface area contributed by atoms with Crippen molar-refractivity contribution in [1.29, 1.82) is 0 Å². The van der Waals surface area contributed by atoms with Gasteiger partial charge in [-0.2, -0.15) is 0 Å². The van der Waals surface area contributed by atoms with Gasteiger partial charge in [-0.25, -0.2) is 4.79 Å². The standard InChI is InChI=1S/C11H15N3O2/c1-13-8-4-3-7(10(15)6-12)5-9(8)14(2)11(13)16/h3-5,10,15H,6,12H2,1-2H3. The summed E-state index contributed by atoms with van der Waals surface area (Å²) in [5, 5.41) is 9.64. The maximum Gasteiger partial charge on any atom is 0.328 e. The molecule has 0 fully saturated rings. The molecule has 5 nitrogen and oxygen atoms in total. The van der Waals surface area contributed by atoms with Crippen LogP contribution in [0.25, 0.3) is 11.0 Å². The molecule has 1 atom stereocenters. The average molecular weight is 221 g/mol. The number of nitrogens with two attached hydrogens (primary N) is 1. The van der Waals surface area contributed by atoms with Gasteiger partial charge >= 0.3 is 5.69 Å². The van der Waals surface area contributed by atoms with Crippen molar-refractivity contribution < 1.29 is 5.11 Å². The number of rotatable bonds is 2. The SMILES string of the molecule is Cn1c(=O)n(C)c2cc(C(O)CN)ccc21. The number of aryl methyl sites for hydroxylation is 2. The molecular weight excluding hydrogens is 206 g/mol. The predicted molar refractivity (Wildman–Crippen MR) is 62.2 cm³/mol. The molecule has 5 heteroatoms. The maximum absolute atomic E-state index is 11.7. The predicted octanol–water partition coefficient (Wildman–Crippen LogP) is -0.131. The Balaban J connectivity index is 2.71. The molecule has 86 valence electrons. The Labute approximate surface area is 92.7 Å². The van der Waals surface area contributed by atoms with Crippen molar-refractivity contribution in [3.8, 4) is 0 Å². The van der Waals surface area contributed by atoms with Gasteiger partial charge < -0.3 is 10.8 Å². The van der Waals surface area contributed by atoms with Crippen LogP contribution in [0, 0.1) is 0 Å². The zero-order valence-electron chi connectivity index (χ0n) is 9.34. The van der Waals surface area contributed by atoms with E-state index in [4.69, 9.17) is 5.73 Å². The molecule has 0 aliphatic heterocycles. The zero-order valence-corrected chi connectivity index (χ0v) is 9.34. The summed E-state index contributed by atoms with van der Waals surface area (Å²) in [7, 11) is 3.44. The minimum absolute atomic E-state index is 0.0746. The van der Waals surface area contributed by atoms with Crippen LogP contribution < -0.4 is 11.4 Å². The fourth-order valence-electron chi connectivity index (χ4n) is 1.87. The lowest BCUT2D eigenvalue weighted by atomic mass is 10.1. The van der Waals surface area contributed by atoms with E-state index in [2.05, 4.69) is 0 Å². The Morgan fingerprint density at radius 2 is 1.94 bits per heavy atom. The lowest BCUT2D eigenvalue weighted by molar-refractivity contribution is 0.187. The van der Waals surface area contributed by atoms with Crippen LogP contribution in [0.4, 0.5) is 0 Å². The summed E-state index contributed by atoms with van der Waals surface area (Å²) >= 11 is 0. The van der Waals surface area contributed by atoms with Crippen LogP contribution in [0.1, 0.15) is 11.7 Å². The Kier molecular flexibility index (Phi) is 2.57. The molecule has 1 unspecified atom stereocenters. The van der Waals surface area contributed by atoms with Gasteiger partial charge in [0.05, 0.1) is 17.1 Å². The molecule has 0 bridgehead atoms. The van der Waals surface area contributed by atoms with Crippen molar-refractivity contribution in [2.75, 3.05) is 6.54 Å². The van der Waals surface area contributed by atoms with Gasteiger partial charge in [0.25, 0.3) is 0 Å². The average Bonchev–Trinajstić information content (AvgIpc) is 2.53. The summed E-state index contributed by atoms with van der Waals surface area (Å²) in [5.74, 6) is 0. The molecule has 16 heavy (non-hydrogen) atoms. The second-order valence-corrected chi connectivity index (χ2v) is 3.90. The number of aliphatic hydroxyl groups is 1. The number of benzene rings is 1. The third-order valence-electron chi connectivity index (χ3n) is 2.90. The Morgan fingerprint density at radius 1 is 1.31 bits per heavy atom. The molecule has 0 spiro atoms. The van der Waals surface area contributed by atoms with Gasteiger partial charge in [0.2, 0.25) is 0 Å². The van der Waals surface area contributed by atoms with Crippen molar-refractivity contribution in [3.63, 3.8) is 0 Å². The van der Waals surface area contributed by atoms with Crippen molar-refractivity contribution in [2.45, 2.75) is 6.10 Å². The van der Waals surface area contributed by atoms with E-state index in [-0.39, 0.29) is 12.2 Å². The van der Waals surface area contributed by atoms with E-state index in [0.29, 0.717) is 0 Å². The quantitative estimate of drug-likeness (QED) is 0.742. The molecule has 0 radical (unpaired) electrons. The Morgan fingerprint density at radius 3 is 2.56 bits per heavy atom. The number of fused-ring (bicyclic) bond motifs is 1. The molecule has 0 aliphatic rings. The molecule has 2 aromatic rings. The number of hydrogen-bond donors (Lipinski definition) is 2. The highest BCUT2D eigenvalue weighted by molar-refractivity contribution is 5.76. The molecule has 2 rings (SSSR count). The summed E-state index contributed by atoms with van der Waals surface area (Å²) in [5.41, 5.74) is 7.71. The molecule has 1 heterocycles. The van der Waals surface area contributed by atoms with Crippen molar-refractivity contribution >= 4 is 11.0 Å². The summed E-state index contributed by atoms with van der Waals surface area (Å²) in [6.07, 6.45) is -0.681. The van der Waals surface area contributed by atoms with E-state index in [1.807, 2.05) is 6.07 Å². The normalized spacial score (nSPS) is 13.2. The highest BCUT2D eigenvalue weighted by Crippen LogP contribution is 2.18. The lowest BCUT2D eigenvalue weighted by Crippen LogP contribution is -2.19. The molecule has 0 aliphatic carbocycles. The molecule has 0 saturated carbocycles. The second-order valence-electron chi connectivity index (χ2n) is 3.90. The molecule has 1 aromatic carbocycles. The van der Waals surface area contributed by atoms with Crippen molar-refractivity contribution in [2.24, 2.45) is 19.8 Å². The van der Waals surface area contributed by atoms with Gasteiger partial charge in [-0.3, -0.25) is 9.13 Å². The summed E-state index contributed by atoms with van der Waals surface area (Å²) < 4.78 is 3.13. The van der Waals surface area contributed by atoms with Crippen LogP contribution >= 0.6 is 0 Å². The van der Waals surface area contributed by atoms with Gasteiger partial charge in [-0.15, -0.1) is 0 Å². The first kappa shape index (κ1) is 10.9. The minimum Gasteiger partial charge on any atom is -0.387 e. The van der Waals surface area contributed by atoms with E-state index < -0.39 is 6.10 Å². The van der Waals surface area contributed by atoms with E-state index in [1.165, 1.54) is 0 Å². The smallest absolute Gasteiger partial charge is 0.328 e. The van der Waals surface area contributed by atoms with Gasteiger partial charge in [0, 0.05) is 20.6 Å². The fourth-order valence-corrected chi connectivity index (χ4v) is 1.87. The Bertz CT molecular complexity index is 583. The number of nitrogens with zero attached hydrogens (tertiary/aromatic N) is 2. The van der Waals surface area contributed by atoms with Crippen LogP contribution in [0.5, 0.6) is 0 Å². The molecule has 1 aromatic heterocycles. The van der Waals surface area contributed by atoms with Crippen LogP contribution in [0.3, 0.4) is 0 Å². The first-order valence-corrected chi connectivity index (χ1v) is 5.09. The molecular formula is C11H15N3O2. The van der Waals surface area contributed by atoms with E-state index in [9.17, 15) is 9.90 Å². The van der Waals surface area contributed by atoms with Crippen LogP contribution in [-0.4, -0.2) is 20.8 Å². The number of aliphatic hydroxyl groups excluding tert-OH is 1. The van der Waals surface area contributed by atoms with Crippen molar-refractivity contribution in [3.05, 3.63) is 34.2 Å². The minimum atomic E-state index is -0.681. The van der Waals surface area contributed by atoms with E-state index >= 15 is 0 Å². The highest BCUT2D eigenvalue weighted by atomic mass is 16.3. The highest BCUT2D eigenvalue weighted by Gasteiger charge is 2.11. The number of imidazole rings is 1. The third-order valence-corrected chi connectivity index (χ3v) is 2.90. The fraction of sp³-hybridized carbons (Fsp3) is 0.364. The summed E-state index contributed by atoms with van der Waals surface area (Å²) in [6, 6.07) is 5.42. The zero-order chi connectivity index (χ0) is 11.9. The van der Waals surface area contributed by atoms with Crippen LogP contribution in [0.2, 0.25) is 0 Å². The Hall–Kier alpha value is -1.59. The van der Waals surface area contributed by atoms with Gasteiger partial charge in [-0.1, -0.05) is 6.07 Å². The topological polar surface area (TPSA) is 73.2 Å². The largest absolute Gasteiger partial charge is 0.387 e. The first-order valence-electron chi connectivity index (χ1n) is 5.09. The van der Waals surface area contributed by atoms with Crippen molar-refractivity contribution in [1.82, 2.24) is 9.13 Å². The van der Waals surface area contributed by atoms with Crippen LogP contribution in [0.15, 0.2) is 23.0 Å². The first-order chi connectivity index (χ1) is 7.56. The van der Waals surface area contributed by atoms with Crippen LogP contribution in [-0.2, 0) is 14.1 Å². The summed E-state index contributed by atoms with van der Waals surface area (Å²) in [4.78, 5) is 11.7. The number of hydrogen-bond acceptors (Lipinski definition) is 3. The van der Waals surface area contributed by atoms with Gasteiger partial charge in [-0.05, 0) is 17.7 Å². The second kappa shape index (κ2) is 3.77. The third kappa shape index (κ3) is 1.45. The van der Waals surface area contributed by atoms with E-state index in [1.54, 1.807) is 35.4 Å². The monoisotopic (exact) mass is 221 g/mol. The lowest BCUT2D eigenvalue weighted by Gasteiger charge is -2.08.